The zero-order valence-corrected chi connectivity index (χ0v) is 18.4. The minimum Gasteiger partial charge on any atom is -0.478 e. The van der Waals surface area contributed by atoms with Crippen molar-refractivity contribution >= 4 is 28.8 Å². The summed E-state index contributed by atoms with van der Waals surface area (Å²) in [5.74, 6) is 0.619. The number of nitrogens with zero attached hydrogens (tertiary/aromatic N) is 4. The van der Waals surface area contributed by atoms with Crippen LogP contribution in [-0.2, 0) is 12.4 Å². The largest absolute Gasteiger partial charge is 0.478 e. The number of nitrogens with one attached hydrogen (secondary N) is 1. The molecule has 1 aliphatic heterocycles. The van der Waals surface area contributed by atoms with Gasteiger partial charge in [0.1, 0.15) is 11.3 Å². The first-order valence-electron chi connectivity index (χ1n) is 10.3. The van der Waals surface area contributed by atoms with Gasteiger partial charge >= 0.3 is 18.4 Å². The Labute approximate surface area is 194 Å². The van der Waals surface area contributed by atoms with Gasteiger partial charge in [0.15, 0.2) is 5.82 Å². The third-order valence-corrected chi connectivity index (χ3v) is 5.38. The minimum absolute atomic E-state index is 0.0162. The number of alkyl halides is 6. The van der Waals surface area contributed by atoms with Gasteiger partial charge < -0.3 is 19.0 Å². The normalized spacial score (nSPS) is 15.0. The molecule has 0 atom stereocenters. The van der Waals surface area contributed by atoms with Crippen LogP contribution in [0.3, 0.4) is 0 Å². The van der Waals surface area contributed by atoms with E-state index in [1.165, 1.54) is 16.9 Å². The van der Waals surface area contributed by atoms with Gasteiger partial charge in [0, 0.05) is 37.9 Å². The lowest BCUT2D eigenvalue weighted by Gasteiger charge is -2.36. The lowest BCUT2D eigenvalue weighted by Crippen LogP contribution is -2.50. The molecule has 0 unspecified atom stereocenters. The maximum atomic E-state index is 13.2. The number of anilines is 2. The van der Waals surface area contributed by atoms with Crippen LogP contribution in [0.15, 0.2) is 28.7 Å². The van der Waals surface area contributed by atoms with Crippen LogP contribution in [0.1, 0.15) is 16.9 Å². The molecule has 1 fully saturated rings. The van der Waals surface area contributed by atoms with Crippen molar-refractivity contribution in [2.75, 3.05) is 43.5 Å². The van der Waals surface area contributed by atoms with E-state index in [-0.39, 0.29) is 55.3 Å². The fourth-order valence-corrected chi connectivity index (χ4v) is 3.66. The summed E-state index contributed by atoms with van der Waals surface area (Å²) in [5, 5.41) is 2.58. The molecular formula is C21H19F6N5O3. The van der Waals surface area contributed by atoms with Crippen LogP contribution in [0.4, 0.5) is 42.6 Å². The molecule has 2 aromatic heterocycles. The van der Waals surface area contributed by atoms with E-state index >= 15 is 0 Å². The predicted octanol–water partition coefficient (Wildman–Crippen LogP) is 4.93. The lowest BCUT2D eigenvalue weighted by atomic mass is 10.1. The molecule has 1 N–H and O–H groups in total. The van der Waals surface area contributed by atoms with Crippen molar-refractivity contribution in [3.8, 4) is 5.88 Å². The van der Waals surface area contributed by atoms with Crippen molar-refractivity contribution in [2.45, 2.75) is 19.3 Å². The molecule has 1 aromatic carbocycles. The van der Waals surface area contributed by atoms with E-state index in [1.54, 1.807) is 13.0 Å². The number of furan rings is 1. The van der Waals surface area contributed by atoms with E-state index in [0.29, 0.717) is 23.4 Å². The fourth-order valence-electron chi connectivity index (χ4n) is 3.66. The number of ether oxygens (including phenoxy) is 1. The Hall–Kier alpha value is -3.71. The number of hydrogen-bond acceptors (Lipinski definition) is 6. The van der Waals surface area contributed by atoms with Gasteiger partial charge in [0.25, 0.3) is 5.88 Å². The number of rotatable bonds is 3. The molecule has 35 heavy (non-hydrogen) atoms. The molecular weight excluding hydrogens is 484 g/mol. The van der Waals surface area contributed by atoms with Gasteiger partial charge in [-0.1, -0.05) is 0 Å². The number of amides is 2. The van der Waals surface area contributed by atoms with Crippen LogP contribution in [0.5, 0.6) is 5.88 Å². The van der Waals surface area contributed by atoms with Crippen molar-refractivity contribution < 1.29 is 40.3 Å². The van der Waals surface area contributed by atoms with Crippen molar-refractivity contribution in [1.82, 2.24) is 14.9 Å². The highest BCUT2D eigenvalue weighted by molar-refractivity contribution is 5.91. The van der Waals surface area contributed by atoms with Crippen molar-refractivity contribution in [1.29, 1.82) is 0 Å². The molecule has 8 nitrogen and oxygen atoms in total. The number of fused-ring (bicyclic) bond motifs is 1. The highest BCUT2D eigenvalue weighted by atomic mass is 19.4. The molecule has 0 spiro atoms. The van der Waals surface area contributed by atoms with Crippen LogP contribution in [-0.4, -0.2) is 54.2 Å². The number of piperazine rings is 1. The van der Waals surface area contributed by atoms with E-state index in [4.69, 9.17) is 9.15 Å². The number of halogens is 6. The number of aromatic nitrogens is 2. The molecule has 14 heteroatoms. The van der Waals surface area contributed by atoms with Crippen LogP contribution in [0.2, 0.25) is 0 Å². The summed E-state index contributed by atoms with van der Waals surface area (Å²) in [6.07, 6.45) is -9.88. The van der Waals surface area contributed by atoms with Gasteiger partial charge in [0.05, 0.1) is 18.2 Å². The summed E-state index contributed by atoms with van der Waals surface area (Å²) < 4.78 is 89.5. The van der Waals surface area contributed by atoms with E-state index in [9.17, 15) is 31.1 Å². The first-order valence-corrected chi connectivity index (χ1v) is 10.3. The molecule has 0 radical (unpaired) electrons. The second kappa shape index (κ2) is 8.82. The van der Waals surface area contributed by atoms with Gasteiger partial charge in [-0.15, -0.1) is 0 Å². The Morgan fingerprint density at radius 2 is 1.57 bits per heavy atom. The van der Waals surface area contributed by atoms with Gasteiger partial charge in [-0.05, 0) is 25.1 Å². The lowest BCUT2D eigenvalue weighted by molar-refractivity contribution is -0.143. The van der Waals surface area contributed by atoms with Crippen molar-refractivity contribution in [2.24, 2.45) is 0 Å². The highest BCUT2D eigenvalue weighted by Gasteiger charge is 2.37. The van der Waals surface area contributed by atoms with Gasteiger partial charge in [-0.2, -0.15) is 31.3 Å². The third-order valence-electron chi connectivity index (χ3n) is 5.38. The number of aryl methyl sites for hydroxylation is 1. The first kappa shape index (κ1) is 24.4. The summed E-state index contributed by atoms with van der Waals surface area (Å²) in [7, 11) is 1.34. The minimum atomic E-state index is -4.94. The second-order valence-electron chi connectivity index (χ2n) is 7.80. The van der Waals surface area contributed by atoms with Crippen LogP contribution in [0, 0.1) is 6.92 Å². The maximum absolute atomic E-state index is 13.2. The number of carbonyl (C=O) groups excluding carboxylic acids is 1. The molecule has 1 aliphatic rings. The second-order valence-corrected chi connectivity index (χ2v) is 7.80. The van der Waals surface area contributed by atoms with E-state index < -0.39 is 29.5 Å². The molecule has 1 saturated heterocycles. The van der Waals surface area contributed by atoms with Crippen LogP contribution in [0.25, 0.3) is 11.2 Å². The molecule has 2 amide bonds. The molecule has 0 saturated carbocycles. The Morgan fingerprint density at radius 3 is 2.11 bits per heavy atom. The van der Waals surface area contributed by atoms with E-state index in [2.05, 4.69) is 15.3 Å². The summed E-state index contributed by atoms with van der Waals surface area (Å²) in [6.45, 7) is 1.84. The molecule has 3 aromatic rings. The van der Waals surface area contributed by atoms with E-state index in [0.717, 1.165) is 0 Å². The van der Waals surface area contributed by atoms with E-state index in [1.807, 2.05) is 0 Å². The summed E-state index contributed by atoms with van der Waals surface area (Å²) in [5.41, 5.74) is -2.38. The Morgan fingerprint density at radius 1 is 0.971 bits per heavy atom. The quantitative estimate of drug-likeness (QED) is 0.511. The average Bonchev–Trinajstić information content (AvgIpc) is 3.15. The molecule has 4 rings (SSSR count). The summed E-state index contributed by atoms with van der Waals surface area (Å²) in [6, 6.07) is 2.48. The molecule has 0 aliphatic carbocycles. The Bertz CT molecular complexity index is 1220. The molecule has 188 valence electrons. The highest BCUT2D eigenvalue weighted by Crippen LogP contribution is 2.38. The van der Waals surface area contributed by atoms with Gasteiger partial charge in [-0.25, -0.2) is 9.78 Å². The maximum Gasteiger partial charge on any atom is 0.416 e. The number of methoxy groups -OCH3 is 1. The monoisotopic (exact) mass is 503 g/mol. The van der Waals surface area contributed by atoms with Crippen molar-refractivity contribution in [3.05, 3.63) is 41.2 Å². The zero-order chi connectivity index (χ0) is 25.5. The predicted molar refractivity (Wildman–Crippen MR) is 112 cm³/mol. The Kier molecular flexibility index (Phi) is 6.15. The smallest absolute Gasteiger partial charge is 0.416 e. The van der Waals surface area contributed by atoms with Crippen molar-refractivity contribution in [3.63, 3.8) is 0 Å². The average molecular weight is 503 g/mol. The number of hydrogen-bond donors (Lipinski definition) is 1. The van der Waals surface area contributed by atoms with Gasteiger partial charge in [0.2, 0.25) is 5.71 Å². The Balaban J connectivity index is 1.48. The summed E-state index contributed by atoms with van der Waals surface area (Å²) >= 11 is 0. The fraction of sp³-hybridized carbons (Fsp3) is 0.381. The SMILES string of the molecule is COc1nc2oc(C)cc2nc1NC(=O)N1CCN(c2cc(C(F)(F)F)cc(C(F)(F)F)c2)CC1. The summed E-state index contributed by atoms with van der Waals surface area (Å²) in [4.78, 5) is 23.9. The molecule has 0 bridgehead atoms. The standard InChI is InChI=1S/C21H19F6N5O3/c1-11-7-15-17(35-11)30-18(34-2)16(28-15)29-19(33)32-5-3-31(4-6-32)14-9-12(20(22,23)24)8-13(10-14)21(25,26)27/h7-10H,3-6H2,1-2H3,(H,28,29,33). The number of urea groups is 1. The molecule has 3 heterocycles. The third kappa shape index (κ3) is 5.20. The van der Waals surface area contributed by atoms with Crippen LogP contribution >= 0.6 is 0 Å². The first-order chi connectivity index (χ1) is 16.3. The van der Waals surface area contributed by atoms with Gasteiger partial charge in [-0.3, -0.25) is 5.32 Å². The van der Waals surface area contributed by atoms with Crippen LogP contribution < -0.4 is 15.0 Å². The topological polar surface area (TPSA) is 83.7 Å². The number of carbonyl (C=O) groups is 1. The number of benzene rings is 1. The zero-order valence-electron chi connectivity index (χ0n) is 18.4.